The Morgan fingerprint density at radius 1 is 1.21 bits per heavy atom. The number of para-hydroxylation sites is 1. The number of nitrogens with one attached hydrogen (secondary N) is 2. The van der Waals surface area contributed by atoms with Gasteiger partial charge < -0.3 is 0 Å². The molecule has 1 aromatic heterocycles. The quantitative estimate of drug-likeness (QED) is 0.277. The number of aromatic nitrogens is 2. The van der Waals surface area contributed by atoms with E-state index in [4.69, 9.17) is 11.6 Å². The van der Waals surface area contributed by atoms with E-state index >= 15 is 0 Å². The molecule has 0 radical (unpaired) electrons. The Kier molecular flexibility index (Phi) is 5.66. The molecule has 2 amide bonds. The summed E-state index contributed by atoms with van der Waals surface area (Å²) in [5, 5.41) is 11.2. The van der Waals surface area contributed by atoms with Crippen LogP contribution in [0.3, 0.4) is 0 Å². The Hall–Kier alpha value is -2.72. The van der Waals surface area contributed by atoms with Gasteiger partial charge in [0.15, 0.2) is 5.16 Å². The van der Waals surface area contributed by atoms with Crippen LogP contribution in [0.15, 0.2) is 35.6 Å². The number of hydrogen-bond donors (Lipinski definition) is 2. The first-order valence-electron chi connectivity index (χ1n) is 6.34. The summed E-state index contributed by atoms with van der Waals surface area (Å²) in [5.41, 5.74) is 3.58. The Bertz CT molecular complexity index is 817. The van der Waals surface area contributed by atoms with Gasteiger partial charge in [0.05, 0.1) is 10.5 Å². The van der Waals surface area contributed by atoms with E-state index in [0.717, 1.165) is 0 Å². The van der Waals surface area contributed by atoms with Gasteiger partial charge in [-0.1, -0.05) is 35.5 Å². The first-order valence-corrected chi connectivity index (χ1v) is 7.95. The lowest BCUT2D eigenvalue weighted by Gasteiger charge is -2.08. The molecule has 24 heavy (non-hydrogen) atoms. The number of thioether (sulfide) groups is 1. The molecule has 9 nitrogen and oxygen atoms in total. The molecule has 0 aliphatic rings. The Morgan fingerprint density at radius 2 is 1.83 bits per heavy atom. The van der Waals surface area contributed by atoms with E-state index in [1.54, 1.807) is 6.26 Å². The van der Waals surface area contributed by atoms with Gasteiger partial charge in [-0.25, -0.2) is 9.97 Å². The van der Waals surface area contributed by atoms with Crippen molar-refractivity contribution < 1.29 is 14.5 Å². The van der Waals surface area contributed by atoms with E-state index < -0.39 is 16.7 Å². The van der Waals surface area contributed by atoms with Crippen molar-refractivity contribution in [3.05, 3.63) is 56.9 Å². The number of hydrazine groups is 1. The molecule has 0 saturated heterocycles. The maximum Gasteiger partial charge on any atom is 0.282 e. The Labute approximate surface area is 144 Å². The molecule has 2 N–H and O–H groups in total. The number of carbonyl (C=O) groups excluding carboxylic acids is 2. The summed E-state index contributed by atoms with van der Waals surface area (Å²) in [4.78, 5) is 42.0. The van der Waals surface area contributed by atoms with Gasteiger partial charge in [0.1, 0.15) is 10.7 Å². The van der Waals surface area contributed by atoms with E-state index in [-0.39, 0.29) is 22.0 Å². The van der Waals surface area contributed by atoms with Gasteiger partial charge in [-0.05, 0) is 12.3 Å². The minimum absolute atomic E-state index is 0.0441. The highest BCUT2D eigenvalue weighted by Gasteiger charge is 2.20. The SMILES string of the molecule is CSc1ncc(C(=O)NNC(=O)c2ccccc2[N+](=O)[O-])c(Cl)n1. The summed E-state index contributed by atoms with van der Waals surface area (Å²) in [7, 11) is 0. The molecular weight excluding hydrogens is 358 g/mol. The summed E-state index contributed by atoms with van der Waals surface area (Å²) in [6.45, 7) is 0. The molecule has 2 rings (SSSR count). The molecule has 0 bridgehead atoms. The molecule has 0 spiro atoms. The molecule has 0 aliphatic carbocycles. The summed E-state index contributed by atoms with van der Waals surface area (Å²) in [5.74, 6) is -1.59. The largest absolute Gasteiger partial charge is 0.282 e. The number of halogens is 1. The Balaban J connectivity index is 2.09. The number of nitro benzene ring substituents is 1. The van der Waals surface area contributed by atoms with Crippen LogP contribution in [0.5, 0.6) is 0 Å². The molecule has 0 fully saturated rings. The Morgan fingerprint density at radius 3 is 2.42 bits per heavy atom. The van der Waals surface area contributed by atoms with E-state index in [0.29, 0.717) is 5.16 Å². The molecule has 124 valence electrons. The van der Waals surface area contributed by atoms with Gasteiger partial charge >= 0.3 is 0 Å². The maximum atomic E-state index is 12.0. The van der Waals surface area contributed by atoms with E-state index in [1.807, 2.05) is 0 Å². The van der Waals surface area contributed by atoms with Crippen LogP contribution in [-0.2, 0) is 0 Å². The van der Waals surface area contributed by atoms with Crippen molar-refractivity contribution in [2.75, 3.05) is 6.26 Å². The van der Waals surface area contributed by atoms with E-state index in [2.05, 4.69) is 20.8 Å². The van der Waals surface area contributed by atoms with Crippen LogP contribution in [0.4, 0.5) is 5.69 Å². The first-order chi connectivity index (χ1) is 11.4. The van der Waals surface area contributed by atoms with Crippen molar-refractivity contribution in [1.29, 1.82) is 0 Å². The van der Waals surface area contributed by atoms with Crippen LogP contribution in [0.25, 0.3) is 0 Å². The predicted molar refractivity (Wildman–Crippen MR) is 86.9 cm³/mol. The maximum absolute atomic E-state index is 12.0. The molecule has 0 aliphatic heterocycles. The lowest BCUT2D eigenvalue weighted by molar-refractivity contribution is -0.385. The highest BCUT2D eigenvalue weighted by Crippen LogP contribution is 2.18. The first kappa shape index (κ1) is 17.6. The van der Waals surface area contributed by atoms with Gasteiger partial charge in [-0.3, -0.25) is 30.6 Å². The standard InChI is InChI=1S/C13H10ClN5O4S/c1-24-13-15-6-8(10(14)16-13)12(21)18-17-11(20)7-4-2-3-5-9(7)19(22)23/h2-6H,1H3,(H,17,20)(H,18,21). The fraction of sp³-hybridized carbons (Fsp3) is 0.0769. The molecule has 1 heterocycles. The molecule has 2 aromatic rings. The third-order valence-corrected chi connectivity index (χ3v) is 3.63. The molecule has 0 saturated carbocycles. The van der Waals surface area contributed by atoms with Crippen LogP contribution in [0.1, 0.15) is 20.7 Å². The number of nitrogens with zero attached hydrogens (tertiary/aromatic N) is 3. The van der Waals surface area contributed by atoms with Crippen molar-refractivity contribution in [1.82, 2.24) is 20.8 Å². The van der Waals surface area contributed by atoms with E-state index in [1.165, 1.54) is 42.2 Å². The number of amides is 2. The molecule has 0 unspecified atom stereocenters. The second kappa shape index (κ2) is 7.70. The third kappa shape index (κ3) is 3.97. The van der Waals surface area contributed by atoms with Crippen LogP contribution in [0, 0.1) is 10.1 Å². The highest BCUT2D eigenvalue weighted by molar-refractivity contribution is 7.98. The second-order valence-electron chi connectivity index (χ2n) is 4.24. The van der Waals surface area contributed by atoms with Crippen molar-refractivity contribution in [2.24, 2.45) is 0 Å². The normalized spacial score (nSPS) is 10.1. The zero-order valence-electron chi connectivity index (χ0n) is 12.1. The lowest BCUT2D eigenvalue weighted by atomic mass is 10.2. The van der Waals surface area contributed by atoms with Crippen LogP contribution in [-0.4, -0.2) is 33.0 Å². The number of carbonyl (C=O) groups is 2. The van der Waals surface area contributed by atoms with Gasteiger partial charge in [-0.2, -0.15) is 0 Å². The predicted octanol–water partition coefficient (Wildman–Crippen LogP) is 1.83. The minimum atomic E-state index is -0.839. The summed E-state index contributed by atoms with van der Waals surface area (Å²) in [6.07, 6.45) is 2.96. The van der Waals surface area contributed by atoms with Gasteiger partial charge in [0.25, 0.3) is 17.5 Å². The van der Waals surface area contributed by atoms with Crippen LogP contribution in [0.2, 0.25) is 5.15 Å². The van der Waals surface area contributed by atoms with Gasteiger partial charge in [0, 0.05) is 12.3 Å². The number of nitro groups is 1. The average Bonchev–Trinajstić information content (AvgIpc) is 2.59. The lowest BCUT2D eigenvalue weighted by Crippen LogP contribution is -2.42. The zero-order valence-corrected chi connectivity index (χ0v) is 13.7. The molecule has 0 atom stereocenters. The van der Waals surface area contributed by atoms with Crippen molar-refractivity contribution in [3.8, 4) is 0 Å². The average molecular weight is 368 g/mol. The fourth-order valence-electron chi connectivity index (χ4n) is 1.67. The zero-order chi connectivity index (χ0) is 17.7. The number of benzene rings is 1. The summed E-state index contributed by atoms with van der Waals surface area (Å²) in [6, 6.07) is 5.35. The second-order valence-corrected chi connectivity index (χ2v) is 5.38. The third-order valence-electron chi connectivity index (χ3n) is 2.78. The topological polar surface area (TPSA) is 127 Å². The highest BCUT2D eigenvalue weighted by atomic mass is 35.5. The van der Waals surface area contributed by atoms with Crippen molar-refractivity contribution >= 4 is 40.9 Å². The molecule has 11 heteroatoms. The van der Waals surface area contributed by atoms with Crippen LogP contribution >= 0.6 is 23.4 Å². The number of rotatable bonds is 4. The van der Waals surface area contributed by atoms with Gasteiger partial charge in [-0.15, -0.1) is 0 Å². The van der Waals surface area contributed by atoms with Crippen molar-refractivity contribution in [2.45, 2.75) is 5.16 Å². The van der Waals surface area contributed by atoms with Crippen molar-refractivity contribution in [3.63, 3.8) is 0 Å². The van der Waals surface area contributed by atoms with Gasteiger partial charge in [0.2, 0.25) is 0 Å². The summed E-state index contributed by atoms with van der Waals surface area (Å²) >= 11 is 7.13. The fourth-order valence-corrected chi connectivity index (χ4v) is 2.28. The van der Waals surface area contributed by atoms with E-state index in [9.17, 15) is 19.7 Å². The monoisotopic (exact) mass is 367 g/mol. The smallest absolute Gasteiger partial charge is 0.267 e. The minimum Gasteiger partial charge on any atom is -0.267 e. The summed E-state index contributed by atoms with van der Waals surface area (Å²) < 4.78 is 0. The molecular formula is C13H10ClN5O4S. The molecule has 1 aromatic carbocycles. The number of hydrogen-bond acceptors (Lipinski definition) is 7. The van der Waals surface area contributed by atoms with Crippen LogP contribution < -0.4 is 10.9 Å².